The van der Waals surface area contributed by atoms with E-state index in [0.717, 1.165) is 24.1 Å². The number of aromatic nitrogens is 2. The third-order valence-electron chi connectivity index (χ3n) is 5.62. The van der Waals surface area contributed by atoms with Gasteiger partial charge in [0.1, 0.15) is 5.82 Å². The zero-order valence-electron chi connectivity index (χ0n) is 16.5. The lowest BCUT2D eigenvalue weighted by molar-refractivity contribution is -0.0101. The molecule has 28 heavy (non-hydrogen) atoms. The van der Waals surface area contributed by atoms with Crippen LogP contribution < -0.4 is 5.32 Å². The van der Waals surface area contributed by atoms with Crippen LogP contribution in [0.3, 0.4) is 0 Å². The topological polar surface area (TPSA) is 65.4 Å². The van der Waals surface area contributed by atoms with Crippen molar-refractivity contribution in [3.63, 3.8) is 0 Å². The number of ether oxygens (including phenoxy) is 2. The molecule has 2 aliphatic rings. The molecule has 1 fully saturated rings. The highest BCUT2D eigenvalue weighted by Crippen LogP contribution is 2.46. The molecule has 0 saturated heterocycles. The minimum Gasteiger partial charge on any atom is -0.383 e. The molecular weight excluding hydrogens is 361 g/mol. The fraction of sp³-hybridized carbons (Fsp3) is 0.524. The number of benzene rings is 1. The molecule has 0 spiro atoms. The van der Waals surface area contributed by atoms with Gasteiger partial charge < -0.3 is 14.8 Å². The Morgan fingerprint density at radius 1 is 1.39 bits per heavy atom. The van der Waals surface area contributed by atoms with E-state index in [1.54, 1.807) is 25.3 Å². The van der Waals surface area contributed by atoms with Crippen molar-refractivity contribution >= 4 is 5.91 Å². The van der Waals surface area contributed by atoms with Gasteiger partial charge in [0.2, 0.25) is 0 Å². The molecule has 1 amide bonds. The number of fused-ring (bicyclic) bond motifs is 1. The van der Waals surface area contributed by atoms with Crippen molar-refractivity contribution in [1.29, 1.82) is 0 Å². The van der Waals surface area contributed by atoms with Crippen LogP contribution in [0, 0.1) is 5.82 Å². The number of rotatable bonds is 6. The molecular formula is C21H26FN3O3. The van der Waals surface area contributed by atoms with Crippen LogP contribution in [0.2, 0.25) is 0 Å². The first-order valence-electron chi connectivity index (χ1n) is 9.76. The molecule has 0 bridgehead atoms. The van der Waals surface area contributed by atoms with Gasteiger partial charge in [-0.05, 0) is 32.8 Å². The molecule has 1 aliphatic heterocycles. The SMILES string of the molecule is COCCn1nc(C(=O)NC2(c3ccccc3F)CC2)c2c1[C@H](C)O[C@H](C)C2. The molecule has 2 heterocycles. The van der Waals surface area contributed by atoms with E-state index < -0.39 is 5.54 Å². The van der Waals surface area contributed by atoms with Gasteiger partial charge in [-0.15, -0.1) is 0 Å². The first-order chi connectivity index (χ1) is 13.4. The average molecular weight is 387 g/mol. The second kappa shape index (κ2) is 7.29. The number of carbonyl (C=O) groups excluding carboxylic acids is 1. The Morgan fingerprint density at radius 2 is 2.14 bits per heavy atom. The number of carbonyl (C=O) groups is 1. The van der Waals surface area contributed by atoms with Crippen molar-refractivity contribution in [3.05, 3.63) is 52.6 Å². The summed E-state index contributed by atoms with van der Waals surface area (Å²) in [4.78, 5) is 13.2. The maximum Gasteiger partial charge on any atom is 0.272 e. The van der Waals surface area contributed by atoms with E-state index in [0.29, 0.717) is 30.8 Å². The van der Waals surface area contributed by atoms with E-state index in [2.05, 4.69) is 10.4 Å². The summed E-state index contributed by atoms with van der Waals surface area (Å²) in [5.74, 6) is -0.543. The zero-order chi connectivity index (χ0) is 19.9. The number of amides is 1. The van der Waals surface area contributed by atoms with Gasteiger partial charge in [0.25, 0.3) is 5.91 Å². The molecule has 1 N–H and O–H groups in total. The third-order valence-corrected chi connectivity index (χ3v) is 5.62. The predicted molar refractivity (Wildman–Crippen MR) is 102 cm³/mol. The first kappa shape index (κ1) is 19.1. The lowest BCUT2D eigenvalue weighted by Crippen LogP contribution is -2.36. The highest BCUT2D eigenvalue weighted by atomic mass is 19.1. The molecule has 0 radical (unpaired) electrons. The van der Waals surface area contributed by atoms with Crippen molar-refractivity contribution in [1.82, 2.24) is 15.1 Å². The highest BCUT2D eigenvalue weighted by Gasteiger charge is 2.48. The van der Waals surface area contributed by atoms with Crippen LogP contribution >= 0.6 is 0 Å². The van der Waals surface area contributed by atoms with Crippen LogP contribution in [0.5, 0.6) is 0 Å². The first-order valence-corrected chi connectivity index (χ1v) is 9.76. The molecule has 2 atom stereocenters. The fourth-order valence-corrected chi connectivity index (χ4v) is 4.16. The Morgan fingerprint density at radius 3 is 2.82 bits per heavy atom. The van der Waals surface area contributed by atoms with Crippen molar-refractivity contribution in [3.8, 4) is 0 Å². The van der Waals surface area contributed by atoms with Crippen molar-refractivity contribution in [2.24, 2.45) is 0 Å². The summed E-state index contributed by atoms with van der Waals surface area (Å²) >= 11 is 0. The van der Waals surface area contributed by atoms with E-state index in [1.807, 2.05) is 18.5 Å². The molecule has 1 aliphatic carbocycles. The van der Waals surface area contributed by atoms with Crippen LogP contribution in [0.1, 0.15) is 60.1 Å². The number of methoxy groups -OCH3 is 1. The molecule has 1 saturated carbocycles. The van der Waals surface area contributed by atoms with Gasteiger partial charge in [0.15, 0.2) is 5.69 Å². The molecule has 6 nitrogen and oxygen atoms in total. The summed E-state index contributed by atoms with van der Waals surface area (Å²) in [6.45, 7) is 5.02. The number of halogens is 1. The summed E-state index contributed by atoms with van der Waals surface area (Å²) in [5.41, 5.74) is 2.17. The Labute approximate surface area is 164 Å². The van der Waals surface area contributed by atoms with E-state index >= 15 is 0 Å². The average Bonchev–Trinajstić information content (AvgIpc) is 3.33. The monoisotopic (exact) mass is 387 g/mol. The molecule has 0 unspecified atom stereocenters. The van der Waals surface area contributed by atoms with Crippen molar-refractivity contribution in [2.75, 3.05) is 13.7 Å². The van der Waals surface area contributed by atoms with Gasteiger partial charge in [0, 0.05) is 24.7 Å². The van der Waals surface area contributed by atoms with Crippen LogP contribution in [0.4, 0.5) is 4.39 Å². The number of nitrogens with one attached hydrogen (secondary N) is 1. The Bertz CT molecular complexity index is 891. The van der Waals surface area contributed by atoms with Gasteiger partial charge in [0.05, 0.1) is 36.6 Å². The minimum atomic E-state index is -0.631. The number of nitrogens with zero attached hydrogens (tertiary/aromatic N) is 2. The Balaban J connectivity index is 1.65. The van der Waals surface area contributed by atoms with Gasteiger partial charge in [-0.3, -0.25) is 9.48 Å². The molecule has 2 aromatic rings. The largest absolute Gasteiger partial charge is 0.383 e. The third kappa shape index (κ3) is 3.33. The Kier molecular flexibility index (Phi) is 4.97. The van der Waals surface area contributed by atoms with E-state index in [4.69, 9.17) is 9.47 Å². The predicted octanol–water partition coefficient (Wildman–Crippen LogP) is 3.11. The van der Waals surface area contributed by atoms with Crippen molar-refractivity contribution < 1.29 is 18.7 Å². The lowest BCUT2D eigenvalue weighted by Gasteiger charge is -2.27. The molecule has 1 aromatic heterocycles. The van der Waals surface area contributed by atoms with Gasteiger partial charge in [-0.1, -0.05) is 18.2 Å². The highest BCUT2D eigenvalue weighted by molar-refractivity contribution is 5.95. The quantitative estimate of drug-likeness (QED) is 0.827. The van der Waals surface area contributed by atoms with Crippen LogP contribution in [-0.4, -0.2) is 35.5 Å². The van der Waals surface area contributed by atoms with Gasteiger partial charge in [-0.25, -0.2) is 4.39 Å². The standard InChI is InChI=1S/C21H26FN3O3/c1-13-12-15-18(24-25(10-11-27-3)19(15)14(2)28-13)20(26)23-21(8-9-21)16-6-4-5-7-17(16)22/h4-7,13-14H,8-12H2,1-3H3,(H,23,26)/t13-,14+/m1/s1. The van der Waals surface area contributed by atoms with Crippen LogP contribution in [-0.2, 0) is 28.0 Å². The smallest absolute Gasteiger partial charge is 0.272 e. The number of hydrogen-bond acceptors (Lipinski definition) is 4. The van der Waals surface area contributed by atoms with Crippen molar-refractivity contribution in [2.45, 2.75) is 57.4 Å². The summed E-state index contributed by atoms with van der Waals surface area (Å²) in [6.07, 6.45) is 1.94. The maximum absolute atomic E-state index is 14.3. The summed E-state index contributed by atoms with van der Waals surface area (Å²) in [6, 6.07) is 6.64. The minimum absolute atomic E-state index is 0.00979. The normalized spacial score (nSPS) is 22.6. The fourth-order valence-electron chi connectivity index (χ4n) is 4.16. The lowest BCUT2D eigenvalue weighted by atomic mass is 9.98. The summed E-state index contributed by atoms with van der Waals surface area (Å²) < 4.78 is 27.2. The zero-order valence-corrected chi connectivity index (χ0v) is 16.5. The Hall–Kier alpha value is -2.25. The van der Waals surface area contributed by atoms with Crippen LogP contribution in [0.15, 0.2) is 24.3 Å². The van der Waals surface area contributed by atoms with E-state index in [1.165, 1.54) is 6.07 Å². The maximum atomic E-state index is 14.3. The molecule has 7 heteroatoms. The molecule has 4 rings (SSSR count). The van der Waals surface area contributed by atoms with Gasteiger partial charge >= 0.3 is 0 Å². The van der Waals surface area contributed by atoms with E-state index in [9.17, 15) is 9.18 Å². The second-order valence-corrected chi connectivity index (χ2v) is 7.74. The van der Waals surface area contributed by atoms with Crippen LogP contribution in [0.25, 0.3) is 0 Å². The molecule has 150 valence electrons. The molecule has 1 aromatic carbocycles. The summed E-state index contributed by atoms with van der Waals surface area (Å²) in [7, 11) is 1.64. The van der Waals surface area contributed by atoms with Gasteiger partial charge in [-0.2, -0.15) is 5.10 Å². The van der Waals surface area contributed by atoms with E-state index in [-0.39, 0.29) is 23.9 Å². The summed E-state index contributed by atoms with van der Waals surface area (Å²) in [5, 5.41) is 7.66. The number of hydrogen-bond donors (Lipinski definition) is 1. The second-order valence-electron chi connectivity index (χ2n) is 7.74.